The number of amides is 1. The molecule has 1 saturated heterocycles. The number of anilines is 1. The van der Waals surface area contributed by atoms with Crippen LogP contribution < -0.4 is 5.32 Å². The van der Waals surface area contributed by atoms with E-state index in [1.807, 2.05) is 31.2 Å². The maximum atomic E-state index is 12.4. The highest BCUT2D eigenvalue weighted by Crippen LogP contribution is 2.19. The molecule has 1 atom stereocenters. The number of tetrazole rings is 1. The van der Waals surface area contributed by atoms with Crippen molar-refractivity contribution in [1.29, 1.82) is 0 Å². The smallest absolute Gasteiger partial charge is 0.228 e. The highest BCUT2D eigenvalue weighted by atomic mass is 16.1. The van der Waals surface area contributed by atoms with Crippen LogP contribution >= 0.6 is 0 Å². The number of carbonyl (C=O) groups is 1. The molecule has 116 valence electrons. The quantitative estimate of drug-likeness (QED) is 0.923. The van der Waals surface area contributed by atoms with E-state index < -0.39 is 0 Å². The molecule has 1 aliphatic heterocycles. The third kappa shape index (κ3) is 3.14. The lowest BCUT2D eigenvalue weighted by molar-refractivity contribution is -0.121. The molecule has 1 N–H and O–H groups in total. The zero-order valence-electron chi connectivity index (χ0n) is 12.9. The molecular formula is C15H20N6O. The van der Waals surface area contributed by atoms with Gasteiger partial charge in [0, 0.05) is 12.2 Å². The fourth-order valence-electron chi connectivity index (χ4n) is 2.81. The summed E-state index contributed by atoms with van der Waals surface area (Å²) in [6.07, 6.45) is 2.01. The van der Waals surface area contributed by atoms with Crippen molar-refractivity contribution in [2.75, 3.05) is 25.5 Å². The number of hydrogen-bond acceptors (Lipinski definition) is 5. The van der Waals surface area contributed by atoms with E-state index in [9.17, 15) is 4.79 Å². The summed E-state index contributed by atoms with van der Waals surface area (Å²) in [6, 6.07) is 7.56. The van der Waals surface area contributed by atoms with Crippen molar-refractivity contribution in [3.05, 3.63) is 30.1 Å². The van der Waals surface area contributed by atoms with Crippen LogP contribution in [0.3, 0.4) is 0 Å². The molecule has 0 spiro atoms. The van der Waals surface area contributed by atoms with Crippen LogP contribution in [0, 0.1) is 12.8 Å². The average molecular weight is 300 g/mol. The first kappa shape index (κ1) is 14.6. The number of nitrogens with zero attached hydrogens (tertiary/aromatic N) is 5. The van der Waals surface area contributed by atoms with E-state index in [1.54, 1.807) is 4.68 Å². The molecule has 1 amide bonds. The van der Waals surface area contributed by atoms with Crippen molar-refractivity contribution in [3.8, 4) is 5.69 Å². The van der Waals surface area contributed by atoms with Gasteiger partial charge in [-0.2, -0.15) is 4.68 Å². The molecular weight excluding hydrogens is 280 g/mol. The van der Waals surface area contributed by atoms with Gasteiger partial charge in [0.1, 0.15) is 0 Å². The summed E-state index contributed by atoms with van der Waals surface area (Å²) in [5, 5.41) is 14.5. The highest BCUT2D eigenvalue weighted by molar-refractivity contribution is 5.93. The summed E-state index contributed by atoms with van der Waals surface area (Å²) in [4.78, 5) is 14.6. The van der Waals surface area contributed by atoms with Gasteiger partial charge in [-0.15, -0.1) is 5.10 Å². The van der Waals surface area contributed by atoms with E-state index in [2.05, 4.69) is 32.8 Å². The molecule has 1 unspecified atom stereocenters. The SMILES string of the molecule is Cc1nnnn1-c1cccc(NC(=O)C2CCCN(C)C2)c1. The largest absolute Gasteiger partial charge is 0.326 e. The van der Waals surface area contributed by atoms with Crippen molar-refractivity contribution in [2.24, 2.45) is 5.92 Å². The number of rotatable bonds is 3. The van der Waals surface area contributed by atoms with Gasteiger partial charge in [0.25, 0.3) is 0 Å². The standard InChI is InChI=1S/C15H20N6O/c1-11-17-18-19-21(11)14-7-3-6-13(9-14)16-15(22)12-5-4-8-20(2)10-12/h3,6-7,9,12H,4-5,8,10H2,1-2H3,(H,16,22). The number of nitrogens with one attached hydrogen (secondary N) is 1. The number of aryl methyl sites for hydroxylation is 1. The van der Waals surface area contributed by atoms with Crippen molar-refractivity contribution >= 4 is 11.6 Å². The third-order valence-electron chi connectivity index (χ3n) is 3.98. The Morgan fingerprint density at radius 3 is 3.00 bits per heavy atom. The maximum absolute atomic E-state index is 12.4. The van der Waals surface area contributed by atoms with Crippen LogP contribution in [0.1, 0.15) is 18.7 Å². The number of carbonyl (C=O) groups excluding carboxylic acids is 1. The highest BCUT2D eigenvalue weighted by Gasteiger charge is 2.23. The molecule has 2 heterocycles. The van der Waals surface area contributed by atoms with Crippen molar-refractivity contribution in [2.45, 2.75) is 19.8 Å². The van der Waals surface area contributed by atoms with Crippen LogP contribution in [-0.2, 0) is 4.79 Å². The number of piperidine rings is 1. The molecule has 0 bridgehead atoms. The molecule has 2 aromatic rings. The summed E-state index contributed by atoms with van der Waals surface area (Å²) >= 11 is 0. The van der Waals surface area contributed by atoms with Gasteiger partial charge < -0.3 is 10.2 Å². The van der Waals surface area contributed by atoms with E-state index in [1.165, 1.54) is 0 Å². The van der Waals surface area contributed by atoms with Crippen molar-refractivity contribution in [1.82, 2.24) is 25.1 Å². The number of likely N-dealkylation sites (tertiary alicyclic amines) is 1. The molecule has 0 radical (unpaired) electrons. The molecule has 7 heteroatoms. The topological polar surface area (TPSA) is 75.9 Å². The monoisotopic (exact) mass is 300 g/mol. The first-order chi connectivity index (χ1) is 10.6. The van der Waals surface area contributed by atoms with Crippen LogP contribution in [0.2, 0.25) is 0 Å². The molecule has 0 aliphatic carbocycles. The average Bonchev–Trinajstić information content (AvgIpc) is 2.94. The van der Waals surface area contributed by atoms with E-state index in [-0.39, 0.29) is 11.8 Å². The molecule has 1 aliphatic rings. The second kappa shape index (κ2) is 6.23. The lowest BCUT2D eigenvalue weighted by Gasteiger charge is -2.28. The second-order valence-electron chi connectivity index (χ2n) is 5.78. The zero-order valence-corrected chi connectivity index (χ0v) is 12.9. The first-order valence-electron chi connectivity index (χ1n) is 7.48. The van der Waals surface area contributed by atoms with Crippen LogP contribution in [0.5, 0.6) is 0 Å². The Labute approximate surface area is 129 Å². The van der Waals surface area contributed by atoms with Gasteiger partial charge in [0.05, 0.1) is 11.6 Å². The summed E-state index contributed by atoms with van der Waals surface area (Å²) < 4.78 is 1.64. The molecule has 1 aromatic heterocycles. The molecule has 3 rings (SSSR count). The Morgan fingerprint density at radius 1 is 1.41 bits per heavy atom. The van der Waals surface area contributed by atoms with Crippen molar-refractivity contribution < 1.29 is 4.79 Å². The summed E-state index contributed by atoms with van der Waals surface area (Å²) in [5.41, 5.74) is 1.60. The maximum Gasteiger partial charge on any atom is 0.228 e. The third-order valence-corrected chi connectivity index (χ3v) is 3.98. The van der Waals surface area contributed by atoms with Gasteiger partial charge in [0.2, 0.25) is 5.91 Å². The van der Waals surface area contributed by atoms with Crippen LogP contribution in [0.4, 0.5) is 5.69 Å². The van der Waals surface area contributed by atoms with Gasteiger partial charge in [-0.3, -0.25) is 4.79 Å². The van der Waals surface area contributed by atoms with Crippen LogP contribution in [0.15, 0.2) is 24.3 Å². The molecule has 7 nitrogen and oxygen atoms in total. The van der Waals surface area contributed by atoms with E-state index >= 15 is 0 Å². The predicted molar refractivity (Wildman–Crippen MR) is 82.7 cm³/mol. The number of hydrogen-bond donors (Lipinski definition) is 1. The summed E-state index contributed by atoms with van der Waals surface area (Å²) in [6.45, 7) is 3.72. The first-order valence-corrected chi connectivity index (χ1v) is 7.48. The predicted octanol–water partition coefficient (Wildman–Crippen LogP) is 1.25. The zero-order chi connectivity index (χ0) is 15.5. The lowest BCUT2D eigenvalue weighted by atomic mass is 9.97. The van der Waals surface area contributed by atoms with E-state index in [0.717, 1.165) is 37.3 Å². The van der Waals surface area contributed by atoms with Gasteiger partial charge in [-0.25, -0.2) is 0 Å². The van der Waals surface area contributed by atoms with Gasteiger partial charge in [-0.05, 0) is 62.0 Å². The molecule has 1 fully saturated rings. The number of benzene rings is 1. The minimum absolute atomic E-state index is 0.0529. The lowest BCUT2D eigenvalue weighted by Crippen LogP contribution is -2.38. The number of aromatic nitrogens is 4. The van der Waals surface area contributed by atoms with Crippen LogP contribution in [-0.4, -0.2) is 51.2 Å². The summed E-state index contributed by atoms with van der Waals surface area (Å²) in [5.74, 6) is 0.840. The Bertz CT molecular complexity index is 668. The normalized spacial score (nSPS) is 19.1. The molecule has 22 heavy (non-hydrogen) atoms. The van der Waals surface area contributed by atoms with Crippen LogP contribution in [0.25, 0.3) is 5.69 Å². The Hall–Kier alpha value is -2.28. The van der Waals surface area contributed by atoms with Gasteiger partial charge >= 0.3 is 0 Å². The minimum Gasteiger partial charge on any atom is -0.326 e. The Balaban J connectivity index is 1.73. The van der Waals surface area contributed by atoms with Gasteiger partial charge in [-0.1, -0.05) is 6.07 Å². The molecule has 1 aromatic carbocycles. The Morgan fingerprint density at radius 2 is 2.27 bits per heavy atom. The van der Waals surface area contributed by atoms with E-state index in [4.69, 9.17) is 0 Å². The second-order valence-corrected chi connectivity index (χ2v) is 5.78. The van der Waals surface area contributed by atoms with Crippen molar-refractivity contribution in [3.63, 3.8) is 0 Å². The molecule has 0 saturated carbocycles. The Kier molecular flexibility index (Phi) is 4.15. The fourth-order valence-corrected chi connectivity index (χ4v) is 2.81. The van der Waals surface area contributed by atoms with E-state index in [0.29, 0.717) is 5.82 Å². The van der Waals surface area contributed by atoms with Gasteiger partial charge in [0.15, 0.2) is 5.82 Å². The minimum atomic E-state index is 0.0529. The summed E-state index contributed by atoms with van der Waals surface area (Å²) in [7, 11) is 2.06. The fraction of sp³-hybridized carbons (Fsp3) is 0.467.